The molecule has 5 aromatic heterocycles. The Labute approximate surface area is 812 Å². The molecule has 5 heterocycles. The van der Waals surface area contributed by atoms with E-state index in [-0.39, 0.29) is 0 Å². The lowest BCUT2D eigenvalue weighted by Crippen LogP contribution is -1.97. The van der Waals surface area contributed by atoms with Gasteiger partial charge < -0.3 is 22.4 Å². The second kappa shape index (κ2) is 33.1. The first-order valence-corrected chi connectivity index (χ1v) is 48.4. The van der Waals surface area contributed by atoms with E-state index >= 15 is 0 Å². The van der Waals surface area contributed by atoms with Gasteiger partial charge in [0.05, 0.1) is 22.1 Å². The lowest BCUT2D eigenvalue weighted by atomic mass is 9.85. The SMILES string of the molecule is c1ccc(-c2c3ccccc3c(-c3ccccc3)c3cc(-c4ccc(-n5c6ccccc6c6ccc(-c7cccc8c7oc7c(-c9ccccc9)cccc78)cc65)cc4)ccc23)cc1.c1ccc(-c2c3ccccc3c(-c3ccccc3)c3cc(-n4c5cc(-c6cccc7c6oc6c(-c8ccccc8)cccc67)ccc5c5ccc(-c6cccc7c6oc6c(-c8ccccc8)cccc67)cc54)ccc23)cc1. The number of hydrogen-bond acceptors (Lipinski definition) is 3. The molecule has 29 aromatic rings. The molecule has 5 nitrogen and oxygen atoms in total. The van der Waals surface area contributed by atoms with Crippen LogP contribution in [-0.4, -0.2) is 9.13 Å². The fourth-order valence-electron chi connectivity index (χ4n) is 22.9. The van der Waals surface area contributed by atoms with Crippen LogP contribution in [0, 0.1) is 0 Å². The number of benzene rings is 24. The normalized spacial score (nSPS) is 11.8. The minimum Gasteiger partial charge on any atom is -0.455 e. The van der Waals surface area contributed by atoms with Gasteiger partial charge >= 0.3 is 0 Å². The van der Waals surface area contributed by atoms with Crippen LogP contribution in [0.5, 0.6) is 0 Å². The zero-order chi connectivity index (χ0) is 92.7. The number of nitrogens with zero attached hydrogens (tertiary/aromatic N) is 2. The molecule has 0 unspecified atom stereocenters. The Kier molecular flexibility index (Phi) is 19.0. The lowest BCUT2D eigenvalue weighted by molar-refractivity contribution is 0.670. The summed E-state index contributed by atoms with van der Waals surface area (Å²) in [6.45, 7) is 0. The van der Waals surface area contributed by atoms with Crippen molar-refractivity contribution in [1.82, 2.24) is 9.13 Å². The molecule has 0 spiro atoms. The van der Waals surface area contributed by atoms with Gasteiger partial charge in [-0.3, -0.25) is 0 Å². The Morgan fingerprint density at radius 1 is 0.113 bits per heavy atom. The molecule has 0 atom stereocenters. The Bertz CT molecular complexity index is 9860. The summed E-state index contributed by atoms with van der Waals surface area (Å²) in [6.07, 6.45) is 0. The predicted molar refractivity (Wildman–Crippen MR) is 593 cm³/mol. The quantitative estimate of drug-likeness (QED) is 0.108. The molecule has 0 aliphatic rings. The first-order chi connectivity index (χ1) is 70.0. The maximum Gasteiger partial charge on any atom is 0.143 e. The average molecular weight is 1790 g/mol. The lowest BCUT2D eigenvalue weighted by Gasteiger charge is -2.19. The van der Waals surface area contributed by atoms with Crippen LogP contribution in [0.4, 0.5) is 0 Å². The monoisotopic (exact) mass is 1790 g/mol. The molecule has 0 saturated heterocycles. The van der Waals surface area contributed by atoms with Gasteiger partial charge in [0.25, 0.3) is 0 Å². The Morgan fingerprint density at radius 3 is 0.667 bits per heavy atom. The van der Waals surface area contributed by atoms with Gasteiger partial charge in [-0.1, -0.05) is 455 Å². The van der Waals surface area contributed by atoms with Crippen molar-refractivity contribution >= 4 is 153 Å². The summed E-state index contributed by atoms with van der Waals surface area (Å²) in [4.78, 5) is 0. The van der Waals surface area contributed by atoms with Gasteiger partial charge in [0.15, 0.2) is 0 Å². The van der Waals surface area contributed by atoms with Crippen molar-refractivity contribution in [3.63, 3.8) is 0 Å². The Hall–Kier alpha value is -18.7. The van der Waals surface area contributed by atoms with Crippen molar-refractivity contribution < 1.29 is 13.3 Å². The molecule has 29 rings (SSSR count). The predicted octanol–water partition coefficient (Wildman–Crippen LogP) is 38.2. The van der Waals surface area contributed by atoms with Crippen LogP contribution < -0.4 is 0 Å². The maximum atomic E-state index is 7.03. The fourth-order valence-corrected chi connectivity index (χ4v) is 22.9. The molecule has 0 radical (unpaired) electrons. The number of hydrogen-bond donors (Lipinski definition) is 0. The van der Waals surface area contributed by atoms with E-state index < -0.39 is 0 Å². The maximum absolute atomic E-state index is 7.03. The highest BCUT2D eigenvalue weighted by Crippen LogP contribution is 2.52. The van der Waals surface area contributed by atoms with Crippen LogP contribution in [0.25, 0.3) is 286 Å². The van der Waals surface area contributed by atoms with Crippen molar-refractivity contribution in [2.24, 2.45) is 0 Å². The largest absolute Gasteiger partial charge is 0.455 e. The van der Waals surface area contributed by atoms with Gasteiger partial charge in [-0.05, 0) is 187 Å². The van der Waals surface area contributed by atoms with Gasteiger partial charge in [-0.25, -0.2) is 0 Å². The van der Waals surface area contributed by atoms with Crippen molar-refractivity contribution in [1.29, 1.82) is 0 Å². The van der Waals surface area contributed by atoms with Gasteiger partial charge in [0.2, 0.25) is 0 Å². The summed E-state index contributed by atoms with van der Waals surface area (Å²) >= 11 is 0. The number of furan rings is 3. The first-order valence-electron chi connectivity index (χ1n) is 48.4. The summed E-state index contributed by atoms with van der Waals surface area (Å²) in [6, 6.07) is 185. The molecule has 656 valence electrons. The Morgan fingerprint density at radius 2 is 0.333 bits per heavy atom. The number of para-hydroxylation sites is 7. The molecule has 0 fully saturated rings. The molecule has 5 heteroatoms. The van der Waals surface area contributed by atoms with Crippen molar-refractivity contribution in [3.8, 4) is 134 Å². The minimum atomic E-state index is 0.878. The van der Waals surface area contributed by atoms with Crippen molar-refractivity contribution in [2.45, 2.75) is 0 Å². The molecule has 0 aliphatic carbocycles. The smallest absolute Gasteiger partial charge is 0.143 e. The molecule has 141 heavy (non-hydrogen) atoms. The van der Waals surface area contributed by atoms with Gasteiger partial charge in [0, 0.05) is 98.6 Å². The van der Waals surface area contributed by atoms with E-state index in [4.69, 9.17) is 13.3 Å². The van der Waals surface area contributed by atoms with E-state index in [0.29, 0.717) is 0 Å². The summed E-state index contributed by atoms with van der Waals surface area (Å²) in [5.41, 5.74) is 37.4. The summed E-state index contributed by atoms with van der Waals surface area (Å²) in [5, 5.41) is 21.3. The zero-order valence-electron chi connectivity index (χ0n) is 76.6. The highest BCUT2D eigenvalue weighted by Gasteiger charge is 2.27. The number of rotatable bonds is 13. The van der Waals surface area contributed by atoms with Crippen molar-refractivity contribution in [3.05, 3.63) is 510 Å². The van der Waals surface area contributed by atoms with Crippen LogP contribution >= 0.6 is 0 Å². The fraction of sp³-hybridized carbons (Fsp3) is 0. The van der Waals surface area contributed by atoms with Gasteiger partial charge in [-0.15, -0.1) is 0 Å². The van der Waals surface area contributed by atoms with Crippen LogP contribution in [0.3, 0.4) is 0 Å². The third-order valence-corrected chi connectivity index (χ3v) is 29.2. The van der Waals surface area contributed by atoms with E-state index in [1.807, 2.05) is 0 Å². The van der Waals surface area contributed by atoms with E-state index in [0.717, 1.165) is 161 Å². The molecular weight excluding hydrogens is 1710 g/mol. The summed E-state index contributed by atoms with van der Waals surface area (Å²) < 4.78 is 25.8. The standard InChI is InChI=1S/C74H45NO2.C62H39NO/c1-5-19-46(20-6-1)53-29-15-33-62-64-35-17-31-55(73(64)76-71(53)62)50-37-40-57-58-41-38-51(56-32-18-36-65-63-34-16-30-54(72(63)77-74(56)65)47-21-7-2-8-22-47)44-68(58)75(67(57)43-50)52-39-42-61-66(45-52)70(49-25-11-4-12-26-49)60-28-14-13-27-59(60)69(61)48-23-9-3-10-24-48;1-4-16-41(17-5-1)47-25-14-27-54-55-28-15-26-48(62(55)64-61(47)54)45-33-36-50-49-22-12-13-29-57(49)63(58(50)39-45)46-34-30-40(31-35-46)44-32-37-53-56(38-44)60(43-20-8-3-9-21-43)52-24-11-10-23-51(52)59(53)42-18-6-2-7-19-42/h1-45H;1-39H. The molecule has 0 N–H and O–H groups in total. The number of fused-ring (bicyclic) bond motifs is 19. The third kappa shape index (κ3) is 13.2. The topological polar surface area (TPSA) is 49.3 Å². The minimum absolute atomic E-state index is 0.878. The third-order valence-electron chi connectivity index (χ3n) is 29.2. The van der Waals surface area contributed by atoms with E-state index in [1.54, 1.807) is 0 Å². The van der Waals surface area contributed by atoms with E-state index in [9.17, 15) is 0 Å². The highest BCUT2D eigenvalue weighted by molar-refractivity contribution is 6.26. The van der Waals surface area contributed by atoms with Crippen LogP contribution in [0.1, 0.15) is 0 Å². The average Bonchev–Trinajstić information content (AvgIpc) is 1.45. The molecule has 0 saturated carbocycles. The highest BCUT2D eigenvalue weighted by atomic mass is 16.3. The molecule has 0 bridgehead atoms. The molecule has 0 amide bonds. The number of aromatic nitrogens is 2. The van der Waals surface area contributed by atoms with Crippen LogP contribution in [0.15, 0.2) is 523 Å². The zero-order valence-corrected chi connectivity index (χ0v) is 76.6. The van der Waals surface area contributed by atoms with Gasteiger partial charge in [-0.2, -0.15) is 0 Å². The second-order valence-corrected chi connectivity index (χ2v) is 37.0. The summed E-state index contributed by atoms with van der Waals surface area (Å²) in [7, 11) is 0. The van der Waals surface area contributed by atoms with Crippen LogP contribution in [0.2, 0.25) is 0 Å². The van der Waals surface area contributed by atoms with Gasteiger partial charge in [0.1, 0.15) is 33.5 Å². The second-order valence-electron chi connectivity index (χ2n) is 37.0. The molecule has 0 aliphatic heterocycles. The molecular formula is C136H84N2O3. The Balaban J connectivity index is 0.000000140. The van der Waals surface area contributed by atoms with E-state index in [1.165, 1.54) is 126 Å². The summed E-state index contributed by atoms with van der Waals surface area (Å²) in [5.74, 6) is 0. The van der Waals surface area contributed by atoms with Crippen molar-refractivity contribution in [2.75, 3.05) is 0 Å². The molecule has 24 aromatic carbocycles. The van der Waals surface area contributed by atoms with Crippen LogP contribution in [-0.2, 0) is 0 Å². The first kappa shape index (κ1) is 80.7. The van der Waals surface area contributed by atoms with E-state index in [2.05, 4.69) is 519 Å².